The van der Waals surface area contributed by atoms with Crippen molar-refractivity contribution in [2.24, 2.45) is 0 Å². The van der Waals surface area contributed by atoms with Gasteiger partial charge in [0, 0.05) is 29.5 Å². The molecule has 0 unspecified atom stereocenters. The quantitative estimate of drug-likeness (QED) is 0.744. The van der Waals surface area contributed by atoms with Gasteiger partial charge in [-0.25, -0.2) is 0 Å². The summed E-state index contributed by atoms with van der Waals surface area (Å²) in [6.07, 6.45) is -4.38. The number of fused-ring (bicyclic) bond motifs is 2. The van der Waals surface area contributed by atoms with Crippen LogP contribution in [0.5, 0.6) is 0 Å². The lowest BCUT2D eigenvalue weighted by Gasteiger charge is -2.14. The number of aromatic nitrogens is 4. The van der Waals surface area contributed by atoms with E-state index in [9.17, 15) is 18.0 Å². The Bertz CT molecular complexity index is 1090. The van der Waals surface area contributed by atoms with Crippen LogP contribution < -0.4 is 10.2 Å². The van der Waals surface area contributed by atoms with E-state index < -0.39 is 12.0 Å². The Hall–Kier alpha value is -3.17. The van der Waals surface area contributed by atoms with E-state index in [2.05, 4.69) is 20.6 Å². The van der Waals surface area contributed by atoms with Crippen molar-refractivity contribution in [2.45, 2.75) is 26.4 Å². The molecule has 0 atom stereocenters. The molecule has 0 radical (unpaired) electrons. The Morgan fingerprint density at radius 2 is 1.89 bits per heavy atom. The molecule has 0 aliphatic carbocycles. The summed E-state index contributed by atoms with van der Waals surface area (Å²) < 4.78 is 40.1. The van der Waals surface area contributed by atoms with Gasteiger partial charge in [-0.1, -0.05) is 0 Å². The number of carbonyl (C=O) groups excluding carboxylic acids is 1. The lowest BCUT2D eigenvalue weighted by Crippen LogP contribution is -2.20. The van der Waals surface area contributed by atoms with Gasteiger partial charge in [0.25, 0.3) is 5.82 Å². The van der Waals surface area contributed by atoms with Crippen LogP contribution in [0.4, 0.5) is 30.4 Å². The normalized spacial score (nSPS) is 14.1. The summed E-state index contributed by atoms with van der Waals surface area (Å²) in [4.78, 5) is 13.4. The van der Waals surface area contributed by atoms with Gasteiger partial charge in [0.1, 0.15) is 0 Å². The number of likely N-dealkylation sites (N-methyl/N-ethyl adjacent to an activating group) is 1. The summed E-state index contributed by atoms with van der Waals surface area (Å²) in [5.74, 6) is -0.916. The number of hydrogen-bond acceptors (Lipinski definition) is 5. The largest absolute Gasteiger partial charge is 0.453 e. The van der Waals surface area contributed by atoms with Gasteiger partial charge in [-0.2, -0.15) is 17.7 Å². The van der Waals surface area contributed by atoms with E-state index in [1.165, 1.54) is 0 Å². The van der Waals surface area contributed by atoms with E-state index in [-0.39, 0.29) is 23.8 Å². The number of anilines is 3. The summed E-state index contributed by atoms with van der Waals surface area (Å²) in [6.45, 7) is 3.42. The van der Waals surface area contributed by atoms with Crippen LogP contribution in [0.3, 0.4) is 0 Å². The van der Waals surface area contributed by atoms with Crippen molar-refractivity contribution in [3.8, 4) is 0 Å². The number of carbonyl (C=O) groups is 1. The smallest absolute Gasteiger partial charge is 0.339 e. The molecule has 1 aliphatic rings. The molecular formula is C17H15F3N6O. The van der Waals surface area contributed by atoms with Gasteiger partial charge in [0.05, 0.1) is 6.42 Å². The number of amides is 1. The summed E-state index contributed by atoms with van der Waals surface area (Å²) in [7, 11) is 1.70. The minimum atomic E-state index is -4.66. The molecule has 0 fully saturated rings. The summed E-state index contributed by atoms with van der Waals surface area (Å²) in [6, 6.07) is 5.35. The number of rotatable bonds is 2. The van der Waals surface area contributed by atoms with E-state index in [4.69, 9.17) is 0 Å². The first-order chi connectivity index (χ1) is 12.7. The zero-order valence-electron chi connectivity index (χ0n) is 14.7. The standard InChI is InChI=1S/C17H15F3N6O/c1-8-9(2)15-22-23-16(17(18,19)20)26(15)24-14(8)21-11-4-5-12-10(6-11)7-13(27)25(12)3/h4-6H,7H2,1-3H3,(H,21,24). The van der Waals surface area contributed by atoms with Gasteiger partial charge in [-0.3, -0.25) is 4.79 Å². The maximum Gasteiger partial charge on any atom is 0.453 e. The molecule has 0 bridgehead atoms. The first-order valence-electron chi connectivity index (χ1n) is 8.13. The second-order valence-corrected chi connectivity index (χ2v) is 6.45. The van der Waals surface area contributed by atoms with Crippen LogP contribution in [0, 0.1) is 13.8 Å². The molecular weight excluding hydrogens is 361 g/mol. The summed E-state index contributed by atoms with van der Waals surface area (Å²) in [5, 5.41) is 14.0. The molecule has 2 aromatic heterocycles. The van der Waals surface area contributed by atoms with E-state index in [1.54, 1.807) is 44.0 Å². The highest BCUT2D eigenvalue weighted by molar-refractivity contribution is 6.01. The summed E-state index contributed by atoms with van der Waals surface area (Å²) >= 11 is 0. The Morgan fingerprint density at radius 3 is 2.59 bits per heavy atom. The average Bonchev–Trinajstić information content (AvgIpc) is 3.14. The molecule has 0 saturated heterocycles. The highest BCUT2D eigenvalue weighted by Gasteiger charge is 2.38. The van der Waals surface area contributed by atoms with Gasteiger partial charge in [0.15, 0.2) is 11.5 Å². The van der Waals surface area contributed by atoms with Crippen LogP contribution in [0.1, 0.15) is 22.5 Å². The second kappa shape index (κ2) is 5.66. The molecule has 1 N–H and O–H groups in total. The molecule has 1 aromatic carbocycles. The van der Waals surface area contributed by atoms with E-state index in [0.717, 1.165) is 11.3 Å². The number of nitrogens with zero attached hydrogens (tertiary/aromatic N) is 5. The van der Waals surface area contributed by atoms with Crippen molar-refractivity contribution >= 4 is 28.7 Å². The van der Waals surface area contributed by atoms with Gasteiger partial charge >= 0.3 is 6.18 Å². The highest BCUT2D eigenvalue weighted by Crippen LogP contribution is 2.33. The molecule has 27 heavy (non-hydrogen) atoms. The third kappa shape index (κ3) is 2.68. The number of hydrogen-bond donors (Lipinski definition) is 1. The van der Waals surface area contributed by atoms with Crippen LogP contribution in [0.15, 0.2) is 18.2 Å². The average molecular weight is 376 g/mol. The minimum absolute atomic E-state index is 0.00646. The third-order valence-corrected chi connectivity index (χ3v) is 4.77. The molecule has 0 spiro atoms. The molecule has 140 valence electrons. The van der Waals surface area contributed by atoms with Gasteiger partial charge in [0.2, 0.25) is 5.91 Å². The number of halogens is 3. The van der Waals surface area contributed by atoms with Gasteiger partial charge in [-0.15, -0.1) is 15.3 Å². The van der Waals surface area contributed by atoms with Crippen LogP contribution in [-0.4, -0.2) is 32.8 Å². The third-order valence-electron chi connectivity index (χ3n) is 4.77. The van der Waals surface area contributed by atoms with Crippen molar-refractivity contribution in [3.63, 3.8) is 0 Å². The Balaban J connectivity index is 1.78. The van der Waals surface area contributed by atoms with E-state index in [1.807, 2.05) is 0 Å². The first-order valence-corrected chi connectivity index (χ1v) is 8.13. The van der Waals surface area contributed by atoms with Crippen LogP contribution in [0.2, 0.25) is 0 Å². The molecule has 4 rings (SSSR count). The van der Waals surface area contributed by atoms with E-state index in [0.29, 0.717) is 21.3 Å². The minimum Gasteiger partial charge on any atom is -0.339 e. The van der Waals surface area contributed by atoms with Crippen molar-refractivity contribution < 1.29 is 18.0 Å². The Labute approximate surface area is 151 Å². The van der Waals surface area contributed by atoms with E-state index >= 15 is 0 Å². The number of aryl methyl sites for hydroxylation is 1. The lowest BCUT2D eigenvalue weighted by molar-refractivity contribution is -0.146. The monoisotopic (exact) mass is 376 g/mol. The zero-order chi connectivity index (χ0) is 19.5. The molecule has 0 saturated carbocycles. The Morgan fingerprint density at radius 1 is 1.15 bits per heavy atom. The topological polar surface area (TPSA) is 75.4 Å². The number of nitrogens with one attached hydrogen (secondary N) is 1. The molecule has 1 amide bonds. The maximum absolute atomic E-state index is 13.1. The first kappa shape index (κ1) is 17.3. The van der Waals surface area contributed by atoms with Crippen molar-refractivity contribution in [1.82, 2.24) is 19.8 Å². The zero-order valence-corrected chi connectivity index (χ0v) is 14.7. The van der Waals surface area contributed by atoms with Crippen LogP contribution >= 0.6 is 0 Å². The molecule has 3 heterocycles. The maximum atomic E-state index is 13.1. The fourth-order valence-corrected chi connectivity index (χ4v) is 3.11. The number of alkyl halides is 3. The van der Waals surface area contributed by atoms with Crippen LogP contribution in [-0.2, 0) is 17.4 Å². The van der Waals surface area contributed by atoms with Crippen molar-refractivity contribution in [1.29, 1.82) is 0 Å². The fraction of sp³-hybridized carbons (Fsp3) is 0.294. The predicted molar refractivity (Wildman–Crippen MR) is 92.1 cm³/mol. The fourth-order valence-electron chi connectivity index (χ4n) is 3.11. The Kier molecular flexibility index (Phi) is 3.62. The van der Waals surface area contributed by atoms with Gasteiger partial charge in [-0.05, 0) is 37.6 Å². The number of benzene rings is 1. The molecule has 10 heteroatoms. The van der Waals surface area contributed by atoms with Gasteiger partial charge < -0.3 is 10.2 Å². The van der Waals surface area contributed by atoms with Crippen molar-refractivity contribution in [3.05, 3.63) is 40.7 Å². The molecule has 7 nitrogen and oxygen atoms in total. The highest BCUT2D eigenvalue weighted by atomic mass is 19.4. The SMILES string of the molecule is Cc1c(Nc2ccc3c(c2)CC(=O)N3C)nn2c(C(F)(F)F)nnc2c1C. The predicted octanol–water partition coefficient (Wildman–Crippen LogP) is 3.02. The molecule has 1 aliphatic heterocycles. The lowest BCUT2D eigenvalue weighted by atomic mass is 10.1. The summed E-state index contributed by atoms with van der Waals surface area (Å²) in [5.41, 5.74) is 3.58. The van der Waals surface area contributed by atoms with Crippen molar-refractivity contribution in [2.75, 3.05) is 17.3 Å². The molecule has 3 aromatic rings. The second-order valence-electron chi connectivity index (χ2n) is 6.45. The van der Waals surface area contributed by atoms with Crippen LogP contribution in [0.25, 0.3) is 5.65 Å².